The molecule has 3 nitrogen and oxygen atoms in total. The first-order valence-electron chi connectivity index (χ1n) is 12.3. The minimum Gasteiger partial charge on any atom is -0.478 e. The fraction of sp³-hybridized carbons (Fsp3) is 0.323. The van der Waals surface area contributed by atoms with Crippen LogP contribution in [-0.2, 0) is 5.41 Å². The van der Waals surface area contributed by atoms with Gasteiger partial charge in [-0.3, -0.25) is 0 Å². The average molecular weight is 449 g/mol. The number of hydrogen-bond donors (Lipinski definition) is 1. The number of benzene rings is 3. The van der Waals surface area contributed by atoms with E-state index < -0.39 is 5.97 Å². The van der Waals surface area contributed by atoms with Crippen molar-refractivity contribution in [1.82, 2.24) is 0 Å². The molecule has 4 saturated carbocycles. The summed E-state index contributed by atoms with van der Waals surface area (Å²) in [6.07, 6.45) is 8.52. The van der Waals surface area contributed by atoms with Gasteiger partial charge in [0.05, 0.1) is 5.56 Å². The zero-order valence-electron chi connectivity index (χ0n) is 19.2. The molecule has 4 fully saturated rings. The van der Waals surface area contributed by atoms with E-state index in [0.29, 0.717) is 11.0 Å². The summed E-state index contributed by atoms with van der Waals surface area (Å²) in [6, 6.07) is 23.2. The highest BCUT2D eigenvalue weighted by molar-refractivity contribution is 5.90. The molecule has 0 amide bonds. The Morgan fingerprint density at radius 1 is 0.765 bits per heavy atom. The lowest BCUT2D eigenvalue weighted by Gasteiger charge is -2.57. The standard InChI is InChI=1S/C31H28O3/c32-30(33)29-4-2-1-3-25(29)8-5-21-6-11-27(12-7-21)34-28-13-9-26(10-14-28)31-18-22-15-23(19-31)17-24(16-22)20-31/h1-4,6-7,9-14,22-24H,15-20H2,(H,32,33). The Balaban J connectivity index is 1.14. The fourth-order valence-corrected chi connectivity index (χ4v) is 7.00. The van der Waals surface area contributed by atoms with Gasteiger partial charge in [-0.05, 0) is 116 Å². The quantitative estimate of drug-likeness (QED) is 0.435. The lowest BCUT2D eigenvalue weighted by atomic mass is 9.48. The van der Waals surface area contributed by atoms with Gasteiger partial charge in [-0.15, -0.1) is 0 Å². The Morgan fingerprint density at radius 3 is 1.91 bits per heavy atom. The maximum Gasteiger partial charge on any atom is 0.336 e. The van der Waals surface area contributed by atoms with E-state index in [1.807, 2.05) is 24.3 Å². The number of carboxylic acid groups (broad SMARTS) is 1. The molecule has 0 aromatic heterocycles. The monoisotopic (exact) mass is 448 g/mol. The molecule has 0 saturated heterocycles. The molecule has 0 atom stereocenters. The van der Waals surface area contributed by atoms with Gasteiger partial charge < -0.3 is 9.84 Å². The van der Waals surface area contributed by atoms with Gasteiger partial charge >= 0.3 is 5.97 Å². The van der Waals surface area contributed by atoms with Crippen LogP contribution in [0.5, 0.6) is 11.5 Å². The van der Waals surface area contributed by atoms with E-state index in [1.165, 1.54) is 44.1 Å². The Bertz CT molecular complexity index is 1240. The molecule has 4 aliphatic rings. The summed E-state index contributed by atoms with van der Waals surface area (Å²) < 4.78 is 6.09. The third-order valence-electron chi connectivity index (χ3n) is 8.09. The summed E-state index contributed by atoms with van der Waals surface area (Å²) in [4.78, 5) is 11.3. The van der Waals surface area contributed by atoms with Crippen LogP contribution in [0.25, 0.3) is 0 Å². The zero-order valence-corrected chi connectivity index (χ0v) is 19.2. The molecule has 7 rings (SSSR count). The van der Waals surface area contributed by atoms with Gasteiger partial charge in [-0.2, -0.15) is 0 Å². The molecule has 0 unspecified atom stereocenters. The van der Waals surface area contributed by atoms with E-state index in [2.05, 4.69) is 36.1 Å². The molecule has 34 heavy (non-hydrogen) atoms. The minimum absolute atomic E-state index is 0.215. The highest BCUT2D eigenvalue weighted by Gasteiger charge is 2.51. The van der Waals surface area contributed by atoms with Crippen molar-refractivity contribution >= 4 is 5.97 Å². The lowest BCUT2D eigenvalue weighted by Crippen LogP contribution is -2.48. The first-order valence-corrected chi connectivity index (χ1v) is 12.3. The van der Waals surface area contributed by atoms with E-state index in [9.17, 15) is 9.90 Å². The minimum atomic E-state index is -0.970. The van der Waals surface area contributed by atoms with E-state index >= 15 is 0 Å². The second-order valence-corrected chi connectivity index (χ2v) is 10.4. The van der Waals surface area contributed by atoms with Crippen molar-refractivity contribution in [2.24, 2.45) is 17.8 Å². The molecule has 0 radical (unpaired) electrons. The van der Waals surface area contributed by atoms with Crippen LogP contribution in [0.2, 0.25) is 0 Å². The summed E-state index contributed by atoms with van der Waals surface area (Å²) >= 11 is 0. The van der Waals surface area contributed by atoms with Crippen LogP contribution in [0, 0.1) is 29.6 Å². The first-order chi connectivity index (χ1) is 16.6. The maximum absolute atomic E-state index is 11.3. The van der Waals surface area contributed by atoms with Crippen molar-refractivity contribution in [2.45, 2.75) is 43.9 Å². The highest BCUT2D eigenvalue weighted by atomic mass is 16.5. The van der Waals surface area contributed by atoms with Crippen LogP contribution in [0.4, 0.5) is 0 Å². The summed E-state index contributed by atoms with van der Waals surface area (Å²) in [6.45, 7) is 0. The van der Waals surface area contributed by atoms with Gasteiger partial charge in [0.25, 0.3) is 0 Å². The molecule has 0 aliphatic heterocycles. The van der Waals surface area contributed by atoms with Crippen LogP contribution < -0.4 is 4.74 Å². The Morgan fingerprint density at radius 2 is 1.32 bits per heavy atom. The molecule has 3 aromatic rings. The third-order valence-corrected chi connectivity index (χ3v) is 8.09. The number of hydrogen-bond acceptors (Lipinski definition) is 2. The SMILES string of the molecule is O=C(O)c1ccccc1C#Cc1ccc(Oc2ccc(C34CC5CC(CC(C5)C3)C4)cc2)cc1. The average Bonchev–Trinajstić information content (AvgIpc) is 2.83. The van der Waals surface area contributed by atoms with E-state index in [-0.39, 0.29) is 5.56 Å². The summed E-state index contributed by atoms with van der Waals surface area (Å²) in [7, 11) is 0. The maximum atomic E-state index is 11.3. The summed E-state index contributed by atoms with van der Waals surface area (Å²) in [5, 5.41) is 9.30. The van der Waals surface area contributed by atoms with Gasteiger partial charge in [0.15, 0.2) is 0 Å². The van der Waals surface area contributed by atoms with Gasteiger partial charge in [0.2, 0.25) is 0 Å². The van der Waals surface area contributed by atoms with Crippen molar-refractivity contribution in [3.05, 3.63) is 95.1 Å². The number of ether oxygens (including phenoxy) is 1. The van der Waals surface area contributed by atoms with Crippen molar-refractivity contribution < 1.29 is 14.6 Å². The Kier molecular flexibility index (Phi) is 5.18. The van der Waals surface area contributed by atoms with Crippen LogP contribution in [0.15, 0.2) is 72.8 Å². The van der Waals surface area contributed by atoms with Crippen LogP contribution in [-0.4, -0.2) is 11.1 Å². The number of aromatic carboxylic acids is 1. The molecule has 1 N–H and O–H groups in total. The first kappa shape index (κ1) is 21.1. The molecule has 4 aliphatic carbocycles. The molecular weight excluding hydrogens is 420 g/mol. The number of carbonyl (C=O) groups is 1. The molecule has 0 heterocycles. The second-order valence-electron chi connectivity index (χ2n) is 10.4. The molecule has 3 heteroatoms. The largest absolute Gasteiger partial charge is 0.478 e. The van der Waals surface area contributed by atoms with Crippen LogP contribution >= 0.6 is 0 Å². The summed E-state index contributed by atoms with van der Waals surface area (Å²) in [5.41, 5.74) is 3.45. The van der Waals surface area contributed by atoms with Crippen molar-refractivity contribution in [2.75, 3.05) is 0 Å². The van der Waals surface area contributed by atoms with Crippen molar-refractivity contribution in [3.8, 4) is 23.3 Å². The predicted molar refractivity (Wildman–Crippen MR) is 132 cm³/mol. The molecular formula is C31H28O3. The van der Waals surface area contributed by atoms with Crippen molar-refractivity contribution in [1.29, 1.82) is 0 Å². The number of rotatable bonds is 4. The Labute approximate surface area is 200 Å². The summed E-state index contributed by atoms with van der Waals surface area (Å²) in [5.74, 6) is 9.50. The van der Waals surface area contributed by atoms with Crippen molar-refractivity contribution in [3.63, 3.8) is 0 Å². The van der Waals surface area contributed by atoms with E-state index in [0.717, 1.165) is 34.8 Å². The van der Waals surface area contributed by atoms with E-state index in [4.69, 9.17) is 4.74 Å². The van der Waals surface area contributed by atoms with Gasteiger partial charge in [-0.1, -0.05) is 36.1 Å². The fourth-order valence-electron chi connectivity index (χ4n) is 7.00. The topological polar surface area (TPSA) is 46.5 Å². The van der Waals surface area contributed by atoms with Gasteiger partial charge in [0.1, 0.15) is 11.5 Å². The smallest absolute Gasteiger partial charge is 0.336 e. The van der Waals surface area contributed by atoms with Crippen LogP contribution in [0.3, 0.4) is 0 Å². The molecule has 4 bridgehead atoms. The molecule has 3 aromatic carbocycles. The predicted octanol–water partition coefficient (Wildman–Crippen LogP) is 7.04. The normalized spacial score (nSPS) is 26.5. The van der Waals surface area contributed by atoms with Gasteiger partial charge in [0, 0.05) is 11.1 Å². The van der Waals surface area contributed by atoms with Gasteiger partial charge in [-0.25, -0.2) is 4.79 Å². The molecule has 170 valence electrons. The third kappa shape index (κ3) is 3.99. The number of carboxylic acids is 1. The lowest BCUT2D eigenvalue weighted by molar-refractivity contribution is -0.00520. The zero-order chi connectivity index (χ0) is 23.1. The van der Waals surface area contributed by atoms with Crippen LogP contribution in [0.1, 0.15) is 65.6 Å². The van der Waals surface area contributed by atoms with E-state index in [1.54, 1.807) is 24.3 Å². The Hall–Kier alpha value is -3.51. The highest BCUT2D eigenvalue weighted by Crippen LogP contribution is 2.60. The molecule has 0 spiro atoms. The second kappa shape index (κ2) is 8.37.